The van der Waals surface area contributed by atoms with E-state index in [1.165, 1.54) is 30.5 Å². The van der Waals surface area contributed by atoms with Crippen molar-refractivity contribution in [2.45, 2.75) is 17.9 Å². The summed E-state index contributed by atoms with van der Waals surface area (Å²) < 4.78 is 0.659. The highest BCUT2D eigenvalue weighted by Crippen LogP contribution is 2.35. The molecule has 2 N–H and O–H groups in total. The van der Waals surface area contributed by atoms with E-state index in [0.717, 1.165) is 0 Å². The van der Waals surface area contributed by atoms with Gasteiger partial charge in [-0.1, -0.05) is 18.7 Å². The summed E-state index contributed by atoms with van der Waals surface area (Å²) in [7, 11) is 1.50. The number of rotatable bonds is 2. The third kappa shape index (κ3) is 4.79. The van der Waals surface area contributed by atoms with E-state index in [4.69, 9.17) is 0 Å². The average molecular weight is 217 g/mol. The first-order valence-electron chi connectivity index (χ1n) is 4.48. The van der Waals surface area contributed by atoms with Crippen molar-refractivity contribution in [3.8, 4) is 0 Å². The van der Waals surface area contributed by atoms with E-state index in [2.05, 4.69) is 25.3 Å². The third-order valence-electron chi connectivity index (χ3n) is 1.67. The largest absolute Gasteiger partial charge is 0.333 e. The van der Waals surface area contributed by atoms with Crippen LogP contribution in [0.1, 0.15) is 13.3 Å². The van der Waals surface area contributed by atoms with Gasteiger partial charge < -0.3 is 5.73 Å². The Morgan fingerprint density at radius 1 is 1.38 bits per heavy atom. The second-order valence-corrected chi connectivity index (χ2v) is 5.14. The minimum Gasteiger partial charge on any atom is -0.333 e. The van der Waals surface area contributed by atoms with E-state index in [1.807, 2.05) is 29.6 Å². The van der Waals surface area contributed by atoms with Gasteiger partial charge in [-0.25, -0.2) is 0 Å². The van der Waals surface area contributed by atoms with Gasteiger partial charge in [0.1, 0.15) is 0 Å². The molecule has 13 heavy (non-hydrogen) atoms. The van der Waals surface area contributed by atoms with Crippen LogP contribution in [0.3, 0.4) is 0 Å². The molecule has 1 fully saturated rings. The van der Waals surface area contributed by atoms with E-state index < -0.39 is 0 Å². The minimum atomic E-state index is 0.659. The lowest BCUT2D eigenvalue weighted by Gasteiger charge is -2.21. The van der Waals surface area contributed by atoms with Gasteiger partial charge in [0.2, 0.25) is 0 Å². The molecule has 0 aromatic rings. The van der Waals surface area contributed by atoms with Crippen LogP contribution in [0.15, 0.2) is 24.3 Å². The molecule has 3 heteroatoms. The van der Waals surface area contributed by atoms with Crippen LogP contribution in [0.2, 0.25) is 0 Å². The molecule has 0 bridgehead atoms. The lowest BCUT2D eigenvalue weighted by Crippen LogP contribution is -2.07. The SMILES string of the molecule is C=C/C(=C\C)C1SCCCS1.CN. The maximum absolute atomic E-state index is 4.50. The van der Waals surface area contributed by atoms with Crippen molar-refractivity contribution in [3.05, 3.63) is 24.3 Å². The molecule has 0 saturated carbocycles. The van der Waals surface area contributed by atoms with Gasteiger partial charge in [-0.05, 0) is 37.5 Å². The fraction of sp³-hybridized carbons (Fsp3) is 0.600. The summed E-state index contributed by atoms with van der Waals surface area (Å²) in [5.74, 6) is 2.62. The first-order chi connectivity index (χ1) is 6.38. The highest BCUT2D eigenvalue weighted by atomic mass is 32.2. The molecule has 0 unspecified atom stereocenters. The Hall–Kier alpha value is 0.140. The molecule has 0 atom stereocenters. The molecule has 0 radical (unpaired) electrons. The standard InChI is InChI=1S/C9H14S2.CH5N/c1-3-8(4-2)9-10-6-5-7-11-9;1-2/h3-4,9H,1,5-7H2,2H3;2H2,1H3/b8-4+;. The Labute approximate surface area is 90.2 Å². The molecule has 1 nitrogen and oxygen atoms in total. The van der Waals surface area contributed by atoms with Gasteiger partial charge in [-0.15, -0.1) is 23.5 Å². The zero-order valence-electron chi connectivity index (χ0n) is 8.45. The van der Waals surface area contributed by atoms with Crippen molar-refractivity contribution >= 4 is 23.5 Å². The highest BCUT2D eigenvalue weighted by molar-refractivity contribution is 8.17. The number of thioether (sulfide) groups is 2. The Balaban J connectivity index is 0.000000671. The van der Waals surface area contributed by atoms with Crippen molar-refractivity contribution in [1.82, 2.24) is 0 Å². The fourth-order valence-electron chi connectivity index (χ4n) is 1.03. The smallest absolute Gasteiger partial charge is 0.0747 e. The van der Waals surface area contributed by atoms with Crippen molar-refractivity contribution in [1.29, 1.82) is 0 Å². The molecule has 0 aromatic carbocycles. The molecule has 0 amide bonds. The Morgan fingerprint density at radius 3 is 2.31 bits per heavy atom. The van der Waals surface area contributed by atoms with Crippen LogP contribution in [-0.4, -0.2) is 23.1 Å². The lowest BCUT2D eigenvalue weighted by molar-refractivity contribution is 1.10. The third-order valence-corrected chi connectivity index (χ3v) is 4.68. The van der Waals surface area contributed by atoms with Gasteiger partial charge in [0.05, 0.1) is 4.58 Å². The predicted octanol–water partition coefficient (Wildman–Crippen LogP) is 2.89. The van der Waals surface area contributed by atoms with Crippen LogP contribution in [0, 0.1) is 0 Å². The summed E-state index contributed by atoms with van der Waals surface area (Å²) in [5.41, 5.74) is 5.89. The second kappa shape index (κ2) is 8.73. The molecule has 1 saturated heterocycles. The summed E-state index contributed by atoms with van der Waals surface area (Å²) in [5, 5.41) is 0. The van der Waals surface area contributed by atoms with Gasteiger partial charge in [-0.3, -0.25) is 0 Å². The van der Waals surface area contributed by atoms with Crippen molar-refractivity contribution in [2.75, 3.05) is 18.6 Å². The van der Waals surface area contributed by atoms with Crippen LogP contribution in [0.4, 0.5) is 0 Å². The summed E-state index contributed by atoms with van der Waals surface area (Å²) >= 11 is 4.09. The molecule has 1 heterocycles. The Bertz CT molecular complexity index is 160. The number of allylic oxidation sites excluding steroid dienone is 2. The summed E-state index contributed by atoms with van der Waals surface area (Å²) in [6.07, 6.45) is 5.51. The molecular weight excluding hydrogens is 198 g/mol. The Morgan fingerprint density at radius 2 is 1.92 bits per heavy atom. The molecule has 0 aliphatic carbocycles. The molecule has 1 rings (SSSR count). The van der Waals surface area contributed by atoms with E-state index >= 15 is 0 Å². The van der Waals surface area contributed by atoms with Crippen LogP contribution in [-0.2, 0) is 0 Å². The second-order valence-electron chi connectivity index (χ2n) is 2.42. The number of hydrogen-bond donors (Lipinski definition) is 1. The fourth-order valence-corrected chi connectivity index (χ4v) is 4.08. The zero-order valence-corrected chi connectivity index (χ0v) is 10.1. The molecule has 1 aliphatic heterocycles. The number of hydrogen-bond acceptors (Lipinski definition) is 3. The van der Waals surface area contributed by atoms with Crippen LogP contribution in [0.25, 0.3) is 0 Å². The first-order valence-corrected chi connectivity index (χ1v) is 6.58. The van der Waals surface area contributed by atoms with E-state index in [1.54, 1.807) is 0 Å². The van der Waals surface area contributed by atoms with Crippen LogP contribution in [0.5, 0.6) is 0 Å². The monoisotopic (exact) mass is 217 g/mol. The first kappa shape index (κ1) is 13.1. The van der Waals surface area contributed by atoms with Gasteiger partial charge >= 0.3 is 0 Å². The molecule has 0 spiro atoms. The Kier molecular flexibility index (Phi) is 8.82. The lowest BCUT2D eigenvalue weighted by atomic mass is 10.3. The molecule has 76 valence electrons. The zero-order chi connectivity index (χ0) is 10.1. The molecule has 1 aliphatic rings. The quantitative estimate of drug-likeness (QED) is 0.720. The molecular formula is C10H19NS2. The van der Waals surface area contributed by atoms with E-state index in [9.17, 15) is 0 Å². The molecule has 0 aromatic heterocycles. The van der Waals surface area contributed by atoms with Gasteiger partial charge in [-0.2, -0.15) is 0 Å². The average Bonchev–Trinajstić information content (AvgIpc) is 2.24. The van der Waals surface area contributed by atoms with Crippen LogP contribution < -0.4 is 5.73 Å². The van der Waals surface area contributed by atoms with Gasteiger partial charge in [0.15, 0.2) is 0 Å². The predicted molar refractivity (Wildman–Crippen MR) is 67.4 cm³/mol. The maximum atomic E-state index is 4.50. The van der Waals surface area contributed by atoms with Crippen molar-refractivity contribution in [2.24, 2.45) is 5.73 Å². The maximum Gasteiger partial charge on any atom is 0.0747 e. The van der Waals surface area contributed by atoms with E-state index in [0.29, 0.717) is 4.58 Å². The van der Waals surface area contributed by atoms with Crippen molar-refractivity contribution in [3.63, 3.8) is 0 Å². The van der Waals surface area contributed by atoms with Crippen molar-refractivity contribution < 1.29 is 0 Å². The number of nitrogens with two attached hydrogens (primary N) is 1. The van der Waals surface area contributed by atoms with Gasteiger partial charge in [0, 0.05) is 0 Å². The van der Waals surface area contributed by atoms with E-state index in [-0.39, 0.29) is 0 Å². The normalized spacial score (nSPS) is 18.8. The summed E-state index contributed by atoms with van der Waals surface area (Å²) in [6.45, 7) is 5.90. The summed E-state index contributed by atoms with van der Waals surface area (Å²) in [6, 6.07) is 0. The van der Waals surface area contributed by atoms with Crippen LogP contribution >= 0.6 is 23.5 Å². The minimum absolute atomic E-state index is 0.659. The topological polar surface area (TPSA) is 26.0 Å². The highest BCUT2D eigenvalue weighted by Gasteiger charge is 2.15. The summed E-state index contributed by atoms with van der Waals surface area (Å²) in [4.78, 5) is 0. The van der Waals surface area contributed by atoms with Gasteiger partial charge in [0.25, 0.3) is 0 Å².